The summed E-state index contributed by atoms with van der Waals surface area (Å²) < 4.78 is 2.41. The number of anilines is 1. The molecule has 16 heteroatoms. The smallest absolute Gasteiger partial charge is 0.0398 e. The molecule has 0 atom stereocenters. The van der Waals surface area contributed by atoms with Crippen LogP contribution in [-0.4, -0.2) is 28.4 Å². The minimum absolute atomic E-state index is 0.123. The Kier molecular flexibility index (Phi) is 15.1. The summed E-state index contributed by atoms with van der Waals surface area (Å²) in [5, 5.41) is 1.84. The number of nitrogens with zero attached hydrogens (tertiary/aromatic N) is 1. The summed E-state index contributed by atoms with van der Waals surface area (Å²) in [6, 6.07) is 77.7. The first-order valence-electron chi connectivity index (χ1n) is 23.0. The zero-order valence-corrected chi connectivity index (χ0v) is 51.1. The monoisotopic (exact) mass is 1200 g/mol. The quantitative estimate of drug-likeness (QED) is 0.0434. The summed E-state index contributed by atoms with van der Waals surface area (Å²) >= 11 is 73.6. The molecule has 10 rings (SSSR count). The van der Waals surface area contributed by atoms with Crippen molar-refractivity contribution in [3.63, 3.8) is 0 Å². The zero-order chi connectivity index (χ0) is 49.8. The molecule has 358 valence electrons. The van der Waals surface area contributed by atoms with Crippen molar-refractivity contribution in [2.75, 3.05) is 4.34 Å². The molecule has 1 nitrogen and oxygen atoms in total. The first kappa shape index (κ1) is 52.5. The normalized spacial score (nSPS) is 19.0. The third kappa shape index (κ3) is 7.72. The minimum Gasteiger partial charge on any atom is -0.0622 e. The summed E-state index contributed by atoms with van der Waals surface area (Å²) in [5.41, 5.74) is -12.8. The van der Waals surface area contributed by atoms with Crippen molar-refractivity contribution in [3.05, 3.63) is 269 Å². The van der Waals surface area contributed by atoms with Crippen LogP contribution in [0.5, 0.6) is 0 Å². The van der Waals surface area contributed by atoms with Crippen molar-refractivity contribution in [1.82, 2.24) is 0 Å². The van der Waals surface area contributed by atoms with Crippen molar-refractivity contribution in [1.29, 1.82) is 0 Å². The molecule has 8 aromatic rings. The molecule has 2 fully saturated rings. The largest absolute Gasteiger partial charge is 0.0622 e. The Bertz CT molecular complexity index is 2840. The summed E-state index contributed by atoms with van der Waals surface area (Å²) in [4.78, 5) is 0. The van der Waals surface area contributed by atoms with Gasteiger partial charge in [-0.15, -0.1) is 0 Å². The van der Waals surface area contributed by atoms with Gasteiger partial charge in [0.2, 0.25) is 0 Å². The van der Waals surface area contributed by atoms with Crippen LogP contribution in [0.4, 0.5) is 5.69 Å². The predicted molar refractivity (Wildman–Crippen MR) is 322 cm³/mol. The van der Waals surface area contributed by atoms with Gasteiger partial charge in [-0.2, -0.15) is 0 Å². The molecule has 0 aliphatic carbocycles. The average Bonchev–Trinajstić information content (AvgIpc) is 3.93. The maximum Gasteiger partial charge on any atom is -0.0398 e. The van der Waals surface area contributed by atoms with Crippen molar-refractivity contribution in [2.24, 2.45) is 0 Å². The summed E-state index contributed by atoms with van der Waals surface area (Å²) in [6.45, 7) is 3.16. The second-order valence-electron chi connectivity index (χ2n) is 18.3. The van der Waals surface area contributed by atoms with Crippen molar-refractivity contribution in [2.45, 2.75) is 38.5 Å². The molecule has 0 unspecified atom stereocenters. The molecule has 0 saturated carbocycles. The molecular weight excluding hydrogens is 1150 g/mol. The van der Waals surface area contributed by atoms with Crippen LogP contribution in [0.2, 0.25) is 0 Å². The van der Waals surface area contributed by atoms with Crippen LogP contribution in [0.1, 0.15) is 76.1 Å². The van der Waals surface area contributed by atoms with Gasteiger partial charge in [0.05, 0.1) is 0 Å². The number of benzene rings is 8. The van der Waals surface area contributed by atoms with Gasteiger partial charge < -0.3 is 0 Å². The van der Waals surface area contributed by atoms with Gasteiger partial charge >= 0.3 is 420 Å². The van der Waals surface area contributed by atoms with Crippen LogP contribution in [0.25, 0.3) is 0 Å². The van der Waals surface area contributed by atoms with Crippen molar-refractivity contribution >= 4 is 151 Å². The van der Waals surface area contributed by atoms with E-state index in [0.29, 0.717) is 0 Å². The van der Waals surface area contributed by atoms with Gasteiger partial charge in [0.25, 0.3) is 0 Å². The van der Waals surface area contributed by atoms with E-state index in [9.17, 15) is 11.1 Å². The summed E-state index contributed by atoms with van der Waals surface area (Å²) in [7, 11) is 0. The molecule has 0 aromatic heterocycles. The second kappa shape index (κ2) is 20.1. The van der Waals surface area contributed by atoms with E-state index < -0.39 is 35.4 Å². The molecule has 0 bridgehead atoms. The van der Waals surface area contributed by atoms with E-state index in [1.165, 1.54) is 5.56 Å². The molecule has 0 radical (unpaired) electrons. The Morgan fingerprint density at radius 3 is 0.929 bits per heavy atom. The molecule has 0 N–H and O–H groups in total. The molecule has 0 amide bonds. The Morgan fingerprint density at radius 1 is 0.400 bits per heavy atom. The van der Waals surface area contributed by atoms with Gasteiger partial charge in [0, 0.05) is 0 Å². The first-order chi connectivity index (χ1) is 33.4. The van der Waals surface area contributed by atoms with E-state index in [2.05, 4.69) is 171 Å². The molecule has 2 heterocycles. The fraction of sp³-hybridized carbons (Fsp3) is 0.111. The van der Waals surface area contributed by atoms with E-state index in [0.717, 1.165) is 55.2 Å². The van der Waals surface area contributed by atoms with Crippen LogP contribution in [0.3, 0.4) is 0 Å². The van der Waals surface area contributed by atoms with Crippen LogP contribution in [0, 0.1) is 6.92 Å². The third-order valence-corrected chi connectivity index (χ3v) is 206. The molecule has 70 heavy (non-hydrogen) atoms. The zero-order valence-electron chi connectivity index (χ0n) is 38.4. The van der Waals surface area contributed by atoms with Gasteiger partial charge in [0.1, 0.15) is 0 Å². The van der Waals surface area contributed by atoms with Gasteiger partial charge in [-0.1, -0.05) is 35.9 Å². The van der Waals surface area contributed by atoms with E-state index in [4.69, 9.17) is 88.6 Å². The average molecular weight is 1200 g/mol. The van der Waals surface area contributed by atoms with Crippen molar-refractivity contribution < 1.29 is 0 Å². The van der Waals surface area contributed by atoms with Crippen LogP contribution < -0.4 is 14.9 Å². The van der Waals surface area contributed by atoms with E-state index in [1.54, 1.807) is 0 Å². The predicted octanol–water partition coefficient (Wildman–Crippen LogP) is 17.8. The molecule has 1 spiro atoms. The fourth-order valence-electron chi connectivity index (χ4n) is 10.6. The van der Waals surface area contributed by atoms with E-state index in [-0.39, 0.29) is 17.8 Å². The van der Waals surface area contributed by atoms with Gasteiger partial charge in [-0.25, -0.2) is 0 Å². The molecule has 2 saturated heterocycles. The van der Waals surface area contributed by atoms with Gasteiger partial charge in [-0.3, -0.25) is 0 Å². The van der Waals surface area contributed by atoms with E-state index >= 15 is 0 Å². The molecular formula is C54H49Cl9NPSi5. The summed E-state index contributed by atoms with van der Waals surface area (Å²) in [6.07, 6.45) is 0. The topological polar surface area (TPSA) is 3.01 Å². The Balaban J connectivity index is 0.000000800. The van der Waals surface area contributed by atoms with Gasteiger partial charge in [0.15, 0.2) is 0 Å². The summed E-state index contributed by atoms with van der Waals surface area (Å²) in [5.74, 6) is -0.511. The molecule has 8 aromatic carbocycles. The fourth-order valence-corrected chi connectivity index (χ4v) is 341. The Hall–Kier alpha value is -2.32. The minimum atomic E-state index is -5.39. The molecule has 2 aliphatic heterocycles. The van der Waals surface area contributed by atoms with Crippen molar-refractivity contribution in [3.8, 4) is 0 Å². The Labute approximate surface area is 458 Å². The maximum atomic E-state index is 9.27. The Morgan fingerprint density at radius 2 is 0.671 bits per heavy atom. The molecule has 2 aliphatic rings. The number of rotatable bonds is 10. The van der Waals surface area contributed by atoms with Gasteiger partial charge in [-0.05, 0) is 6.92 Å². The number of hydrogen-bond donors (Lipinski definition) is 0. The number of aryl methyl sites for hydroxylation is 1. The number of hydrogen-bond acceptors (Lipinski definition) is 1. The second-order valence-corrected chi connectivity index (χ2v) is 103. The van der Waals surface area contributed by atoms with E-state index in [1.807, 2.05) is 78.9 Å². The maximum absolute atomic E-state index is 9.27. The van der Waals surface area contributed by atoms with Crippen LogP contribution >= 0.6 is 107 Å². The third-order valence-electron chi connectivity index (χ3n) is 14.0. The SMILES string of the molecule is CC(C)c1cc(C(c2ccccc2)c2ccccc2)c(N2[P+](c3ccccc3)(c3ccccc3)[Si-]23(Cl)[Si](Cl)(Cl)[Si](Cl)(Cl)[Si](Cl)(Cl)[Si]3(Cl)Cl)c(C(c2ccccc2)c2ccccc2)c1.Cc1ccccc1. The standard InChI is InChI=1S/C47H41Cl9NPSi5.C7H8/c1-35(2)40-33-43(45(36-21-9-3-10-22-36)37-23-11-4-12-24-37)47(44(34-40)46(38-25-13-5-14-26-38)39-27-15-6-16-28-39)57-58(41-29-17-7-18-30-41,42-31-19-8-20-32-42)63(57,56)61(52,53)59(48,49)60(50,51)62(63,54)55;1-7-5-3-2-4-6-7/h3-35,45-46H,1-2H3;2-6H,1H3. The first-order valence-corrected chi connectivity index (χ1v) is 50.1. The van der Waals surface area contributed by atoms with Crippen LogP contribution in [-0.2, 0) is 0 Å². The van der Waals surface area contributed by atoms with Crippen LogP contribution in [0.15, 0.2) is 224 Å². The number of halogens is 9.